The maximum atomic E-state index is 12.7. The van der Waals surface area contributed by atoms with E-state index in [9.17, 15) is 9.59 Å². The van der Waals surface area contributed by atoms with E-state index in [1.54, 1.807) is 31.2 Å². The van der Waals surface area contributed by atoms with Gasteiger partial charge in [-0.05, 0) is 48.4 Å². The molecule has 3 rings (SSSR count). The summed E-state index contributed by atoms with van der Waals surface area (Å²) in [5, 5.41) is 6.91. The number of azide groups is 1. The first-order chi connectivity index (χ1) is 15.5. The fourth-order valence-electron chi connectivity index (χ4n) is 3.33. The molecule has 0 aromatic heterocycles. The van der Waals surface area contributed by atoms with Crippen LogP contribution < -0.4 is 4.74 Å². The van der Waals surface area contributed by atoms with E-state index in [2.05, 4.69) is 10.0 Å². The fourth-order valence-corrected chi connectivity index (χ4v) is 3.33. The molecule has 0 atom stereocenters. The van der Waals surface area contributed by atoms with Crippen LogP contribution in [0.4, 0.5) is 10.5 Å². The van der Waals surface area contributed by atoms with Gasteiger partial charge in [0, 0.05) is 29.3 Å². The molecule has 0 N–H and O–H groups in total. The largest absolute Gasteiger partial charge is 0.497 e. The highest BCUT2D eigenvalue weighted by molar-refractivity contribution is 5.93. The number of carbonyl (C=O) groups excluding carboxylic acids is 2. The van der Waals surface area contributed by atoms with Gasteiger partial charge in [-0.1, -0.05) is 23.3 Å². The molecule has 0 fully saturated rings. The van der Waals surface area contributed by atoms with Gasteiger partial charge in [0.25, 0.3) is 0 Å². The first kappa shape index (κ1) is 22.7. The number of nitrogens with zero attached hydrogens (tertiary/aromatic N) is 5. The lowest BCUT2D eigenvalue weighted by Crippen LogP contribution is -2.41. The number of hydrazine groups is 1. The lowest BCUT2D eigenvalue weighted by atomic mass is 10.1. The molecule has 10 heteroatoms. The van der Waals surface area contributed by atoms with Crippen LogP contribution in [0.3, 0.4) is 0 Å². The summed E-state index contributed by atoms with van der Waals surface area (Å²) in [6.45, 7) is 2.78. The van der Waals surface area contributed by atoms with Gasteiger partial charge in [-0.25, -0.2) is 19.6 Å². The Balaban J connectivity index is 1.94. The second kappa shape index (κ2) is 10.3. The lowest BCUT2D eigenvalue weighted by Gasteiger charge is -2.30. The summed E-state index contributed by atoms with van der Waals surface area (Å²) < 4.78 is 15.2. The second-order valence-electron chi connectivity index (χ2n) is 6.71. The molecule has 1 aliphatic heterocycles. The zero-order chi connectivity index (χ0) is 23.1. The van der Waals surface area contributed by atoms with Crippen molar-refractivity contribution in [2.45, 2.75) is 13.5 Å². The summed E-state index contributed by atoms with van der Waals surface area (Å²) in [6.07, 6.45) is 1.24. The molecular formula is C22H23N5O5. The maximum Gasteiger partial charge on any atom is 0.429 e. The van der Waals surface area contributed by atoms with Gasteiger partial charge in [-0.15, -0.1) is 0 Å². The van der Waals surface area contributed by atoms with Gasteiger partial charge in [-0.2, -0.15) is 0 Å². The molecule has 1 aliphatic rings. The van der Waals surface area contributed by atoms with Gasteiger partial charge in [0.05, 0.1) is 32.1 Å². The highest BCUT2D eigenvalue weighted by Crippen LogP contribution is 2.35. The molecule has 0 radical (unpaired) electrons. The fraction of sp³-hybridized carbons (Fsp3) is 0.273. The lowest BCUT2D eigenvalue weighted by molar-refractivity contribution is 0.0412. The molecule has 0 spiro atoms. The number of carbonyl (C=O) groups is 2. The van der Waals surface area contributed by atoms with Crippen molar-refractivity contribution in [3.63, 3.8) is 0 Å². The van der Waals surface area contributed by atoms with Crippen LogP contribution in [0.5, 0.6) is 5.75 Å². The molecule has 10 nitrogen and oxygen atoms in total. The zero-order valence-corrected chi connectivity index (χ0v) is 18.0. The van der Waals surface area contributed by atoms with E-state index < -0.39 is 12.1 Å². The smallest absolute Gasteiger partial charge is 0.429 e. The van der Waals surface area contributed by atoms with Crippen LogP contribution in [-0.4, -0.2) is 49.5 Å². The summed E-state index contributed by atoms with van der Waals surface area (Å²) in [7, 11) is 2.89. The number of rotatable bonds is 7. The Bertz CT molecular complexity index is 1080. The van der Waals surface area contributed by atoms with Gasteiger partial charge in [0.2, 0.25) is 0 Å². The SMILES string of the molecule is CCOC(=O)c1ccc(C2=CCN(Cc3ccc(OC)cc3)N2C(=O)OC)c(N=[N+]=[N-])c1. The minimum Gasteiger partial charge on any atom is -0.497 e. The van der Waals surface area contributed by atoms with Crippen LogP contribution in [0.2, 0.25) is 0 Å². The molecule has 1 heterocycles. The quantitative estimate of drug-likeness (QED) is 0.269. The standard InChI is InChI=1S/C22H23N5O5/c1-4-32-21(28)16-7-10-18(19(13-16)24-25-23)20-11-12-26(27(20)22(29)31-3)14-15-5-8-17(30-2)9-6-15/h5-11,13H,4,12,14H2,1-3H3. The first-order valence-corrected chi connectivity index (χ1v) is 9.85. The Morgan fingerprint density at radius 2 is 1.91 bits per heavy atom. The molecule has 0 aliphatic carbocycles. The van der Waals surface area contributed by atoms with Gasteiger partial charge >= 0.3 is 12.1 Å². The van der Waals surface area contributed by atoms with Crippen molar-refractivity contribution in [2.24, 2.45) is 5.11 Å². The van der Waals surface area contributed by atoms with Crippen molar-refractivity contribution in [3.8, 4) is 5.75 Å². The number of ether oxygens (including phenoxy) is 3. The van der Waals surface area contributed by atoms with E-state index in [1.165, 1.54) is 18.2 Å². The number of hydrogen-bond donors (Lipinski definition) is 0. The molecule has 0 saturated carbocycles. The average molecular weight is 437 g/mol. The Labute approximate surface area is 185 Å². The third-order valence-electron chi connectivity index (χ3n) is 4.82. The molecule has 0 bridgehead atoms. The molecule has 1 amide bonds. The number of amides is 1. The third kappa shape index (κ3) is 4.83. The summed E-state index contributed by atoms with van der Waals surface area (Å²) in [4.78, 5) is 27.6. The predicted molar refractivity (Wildman–Crippen MR) is 117 cm³/mol. The maximum absolute atomic E-state index is 12.7. The van der Waals surface area contributed by atoms with E-state index in [0.29, 0.717) is 24.4 Å². The molecule has 2 aromatic rings. The van der Waals surface area contributed by atoms with E-state index in [4.69, 9.17) is 19.7 Å². The van der Waals surface area contributed by atoms with Crippen LogP contribution in [0.1, 0.15) is 28.4 Å². The average Bonchev–Trinajstić information content (AvgIpc) is 3.22. The second-order valence-corrected chi connectivity index (χ2v) is 6.71. The van der Waals surface area contributed by atoms with Crippen LogP contribution in [0.25, 0.3) is 16.1 Å². The van der Waals surface area contributed by atoms with Gasteiger partial charge in [-0.3, -0.25) is 0 Å². The number of hydrogen-bond acceptors (Lipinski definition) is 7. The topological polar surface area (TPSA) is 117 Å². The molecule has 32 heavy (non-hydrogen) atoms. The summed E-state index contributed by atoms with van der Waals surface area (Å²) >= 11 is 0. The van der Waals surface area contributed by atoms with Crippen LogP contribution in [0.15, 0.2) is 53.7 Å². The van der Waals surface area contributed by atoms with Crippen molar-refractivity contribution in [3.05, 3.63) is 75.7 Å². The van der Waals surface area contributed by atoms with Crippen LogP contribution >= 0.6 is 0 Å². The zero-order valence-electron chi connectivity index (χ0n) is 18.0. The van der Waals surface area contributed by atoms with E-state index in [1.807, 2.05) is 30.3 Å². The Morgan fingerprint density at radius 1 is 1.16 bits per heavy atom. The van der Waals surface area contributed by atoms with Crippen molar-refractivity contribution in [2.75, 3.05) is 27.4 Å². The van der Waals surface area contributed by atoms with Crippen molar-refractivity contribution < 1.29 is 23.8 Å². The van der Waals surface area contributed by atoms with Gasteiger partial charge in [0.15, 0.2) is 0 Å². The van der Waals surface area contributed by atoms with E-state index >= 15 is 0 Å². The van der Waals surface area contributed by atoms with E-state index in [0.717, 1.165) is 11.3 Å². The third-order valence-corrected chi connectivity index (χ3v) is 4.82. The Morgan fingerprint density at radius 3 is 2.53 bits per heavy atom. The summed E-state index contributed by atoms with van der Waals surface area (Å²) in [5.74, 6) is 0.208. The molecule has 2 aromatic carbocycles. The van der Waals surface area contributed by atoms with Crippen molar-refractivity contribution in [1.29, 1.82) is 0 Å². The molecular weight excluding hydrogens is 414 g/mol. The minimum atomic E-state index is -0.594. The summed E-state index contributed by atoms with van der Waals surface area (Å²) in [6, 6.07) is 12.1. The highest BCUT2D eigenvalue weighted by Gasteiger charge is 2.32. The van der Waals surface area contributed by atoms with Gasteiger partial charge < -0.3 is 14.2 Å². The first-order valence-electron chi connectivity index (χ1n) is 9.85. The van der Waals surface area contributed by atoms with Crippen molar-refractivity contribution in [1.82, 2.24) is 10.0 Å². The highest BCUT2D eigenvalue weighted by atomic mass is 16.5. The number of benzene rings is 2. The monoisotopic (exact) mass is 437 g/mol. The van der Waals surface area contributed by atoms with E-state index in [-0.39, 0.29) is 17.9 Å². The summed E-state index contributed by atoms with van der Waals surface area (Å²) in [5.41, 5.74) is 11.4. The van der Waals surface area contributed by atoms with Gasteiger partial charge in [0.1, 0.15) is 5.75 Å². The van der Waals surface area contributed by atoms with Crippen LogP contribution in [0, 0.1) is 0 Å². The molecule has 0 saturated heterocycles. The Kier molecular flexibility index (Phi) is 7.33. The number of esters is 1. The normalized spacial score (nSPS) is 13.2. The molecule has 0 unspecified atom stereocenters. The van der Waals surface area contributed by atoms with Crippen molar-refractivity contribution >= 4 is 23.4 Å². The number of methoxy groups -OCH3 is 2. The molecule has 166 valence electrons. The Hall–Kier alpha value is -4.01. The van der Waals surface area contributed by atoms with Crippen LogP contribution in [-0.2, 0) is 16.0 Å². The minimum absolute atomic E-state index is 0.199. The predicted octanol–water partition coefficient (Wildman–Crippen LogP) is 4.65.